The van der Waals surface area contributed by atoms with Crippen molar-refractivity contribution in [1.29, 1.82) is 0 Å². The number of ether oxygens (including phenoxy) is 1. The fourth-order valence-corrected chi connectivity index (χ4v) is 6.17. The Morgan fingerprint density at radius 3 is 2.18 bits per heavy atom. The number of nitrogens with one attached hydrogen (secondary N) is 1. The van der Waals surface area contributed by atoms with Gasteiger partial charge in [-0.25, -0.2) is 8.42 Å². The Labute approximate surface area is 228 Å². The molecule has 0 aliphatic carbocycles. The number of carbonyl (C=O) groups excluding carboxylic acids is 1. The van der Waals surface area contributed by atoms with Gasteiger partial charge in [0.1, 0.15) is 12.3 Å². The number of anilines is 2. The van der Waals surface area contributed by atoms with Crippen molar-refractivity contribution in [3.05, 3.63) is 114 Å². The van der Waals surface area contributed by atoms with Crippen LogP contribution in [0.5, 0.6) is 5.75 Å². The number of sulfonamides is 1. The molecule has 0 bridgehead atoms. The van der Waals surface area contributed by atoms with Gasteiger partial charge in [0.15, 0.2) is 0 Å². The summed E-state index contributed by atoms with van der Waals surface area (Å²) >= 11 is 1.74. The third kappa shape index (κ3) is 6.96. The molecule has 1 amide bonds. The first-order valence-electron chi connectivity index (χ1n) is 12.2. The predicted octanol–water partition coefficient (Wildman–Crippen LogP) is 6.52. The quantitative estimate of drug-likeness (QED) is 0.217. The average Bonchev–Trinajstić information content (AvgIpc) is 2.93. The summed E-state index contributed by atoms with van der Waals surface area (Å²) < 4.78 is 33.7. The number of benzene rings is 4. The van der Waals surface area contributed by atoms with Gasteiger partial charge < -0.3 is 10.1 Å². The maximum absolute atomic E-state index is 13.5. The highest BCUT2D eigenvalue weighted by atomic mass is 32.2. The van der Waals surface area contributed by atoms with E-state index in [1.807, 2.05) is 50.2 Å². The normalized spacial score (nSPS) is 11.1. The molecule has 0 heterocycles. The molecule has 4 aromatic carbocycles. The summed E-state index contributed by atoms with van der Waals surface area (Å²) in [5.41, 5.74) is 3.06. The van der Waals surface area contributed by atoms with Crippen LogP contribution >= 0.6 is 11.8 Å². The van der Waals surface area contributed by atoms with Crippen LogP contribution in [0.1, 0.15) is 18.1 Å². The molecule has 4 aromatic rings. The topological polar surface area (TPSA) is 75.7 Å². The minimum Gasteiger partial charge on any atom is -0.494 e. The molecule has 0 radical (unpaired) electrons. The van der Waals surface area contributed by atoms with Crippen molar-refractivity contribution in [3.8, 4) is 5.75 Å². The standard InChI is InChI=1S/C30H30N2O4S2/c1-3-36-26-17-15-25(16-18-26)32(38(34,35)28-12-8-5-9-13-28)21-30(33)31-29-19-14-24(20-23(29)2)22-37-27-10-6-4-7-11-27/h4-20H,3,21-22H2,1-2H3,(H,31,33). The van der Waals surface area contributed by atoms with Gasteiger partial charge >= 0.3 is 0 Å². The molecule has 196 valence electrons. The first kappa shape index (κ1) is 27.3. The zero-order chi connectivity index (χ0) is 27.0. The third-order valence-corrected chi connectivity index (χ3v) is 8.64. The van der Waals surface area contributed by atoms with Gasteiger partial charge in [0.05, 0.1) is 17.2 Å². The summed E-state index contributed by atoms with van der Waals surface area (Å²) in [6.07, 6.45) is 0. The number of rotatable bonds is 11. The van der Waals surface area contributed by atoms with Crippen LogP contribution in [0.4, 0.5) is 11.4 Å². The van der Waals surface area contributed by atoms with E-state index in [1.165, 1.54) is 17.0 Å². The van der Waals surface area contributed by atoms with E-state index >= 15 is 0 Å². The van der Waals surface area contributed by atoms with Crippen LogP contribution in [-0.4, -0.2) is 27.5 Å². The number of thioether (sulfide) groups is 1. The first-order chi connectivity index (χ1) is 18.4. The van der Waals surface area contributed by atoms with Gasteiger partial charge in [-0.1, -0.05) is 48.5 Å². The summed E-state index contributed by atoms with van der Waals surface area (Å²) in [6, 6.07) is 30.8. The average molecular weight is 547 g/mol. The van der Waals surface area contributed by atoms with E-state index in [0.717, 1.165) is 21.2 Å². The highest BCUT2D eigenvalue weighted by Gasteiger charge is 2.27. The Balaban J connectivity index is 1.51. The van der Waals surface area contributed by atoms with Crippen LogP contribution < -0.4 is 14.4 Å². The molecule has 0 unspecified atom stereocenters. The minimum atomic E-state index is -3.99. The molecule has 4 rings (SSSR count). The van der Waals surface area contributed by atoms with E-state index in [4.69, 9.17) is 4.74 Å². The fraction of sp³-hybridized carbons (Fsp3) is 0.167. The second-order valence-electron chi connectivity index (χ2n) is 8.55. The van der Waals surface area contributed by atoms with Gasteiger partial charge in [-0.2, -0.15) is 0 Å². The van der Waals surface area contributed by atoms with Crippen molar-refractivity contribution in [1.82, 2.24) is 0 Å². The van der Waals surface area contributed by atoms with Gasteiger partial charge in [0, 0.05) is 16.3 Å². The Bertz CT molecular complexity index is 1460. The Kier molecular flexibility index (Phi) is 9.10. The molecule has 0 saturated heterocycles. The van der Waals surface area contributed by atoms with Crippen LogP contribution in [0.15, 0.2) is 113 Å². The van der Waals surface area contributed by atoms with Gasteiger partial charge in [0.2, 0.25) is 5.91 Å². The molecule has 0 spiro atoms. The van der Waals surface area contributed by atoms with Gasteiger partial charge in [0.25, 0.3) is 10.0 Å². The maximum atomic E-state index is 13.5. The molecule has 38 heavy (non-hydrogen) atoms. The summed E-state index contributed by atoms with van der Waals surface area (Å²) in [4.78, 5) is 14.4. The third-order valence-electron chi connectivity index (χ3n) is 5.77. The molecule has 8 heteroatoms. The second kappa shape index (κ2) is 12.7. The lowest BCUT2D eigenvalue weighted by Crippen LogP contribution is -2.38. The molecule has 0 saturated carbocycles. The maximum Gasteiger partial charge on any atom is 0.264 e. The van der Waals surface area contributed by atoms with Crippen molar-refractivity contribution in [2.45, 2.75) is 29.4 Å². The Morgan fingerprint density at radius 1 is 0.895 bits per heavy atom. The molecule has 0 fully saturated rings. The van der Waals surface area contributed by atoms with Crippen LogP contribution in [-0.2, 0) is 20.6 Å². The fourth-order valence-electron chi connectivity index (χ4n) is 3.87. The van der Waals surface area contributed by atoms with Crippen LogP contribution in [0.3, 0.4) is 0 Å². The van der Waals surface area contributed by atoms with E-state index in [2.05, 4.69) is 17.4 Å². The van der Waals surface area contributed by atoms with Gasteiger partial charge in [-0.3, -0.25) is 9.10 Å². The summed E-state index contributed by atoms with van der Waals surface area (Å²) in [5, 5.41) is 2.89. The second-order valence-corrected chi connectivity index (χ2v) is 11.5. The van der Waals surface area contributed by atoms with Crippen molar-refractivity contribution in [2.24, 2.45) is 0 Å². The zero-order valence-electron chi connectivity index (χ0n) is 21.3. The molecular weight excluding hydrogens is 516 g/mol. The minimum absolute atomic E-state index is 0.109. The van der Waals surface area contributed by atoms with Crippen molar-refractivity contribution >= 4 is 39.1 Å². The summed E-state index contributed by atoms with van der Waals surface area (Å²) in [5.74, 6) is 0.992. The molecule has 0 aromatic heterocycles. The van der Waals surface area contributed by atoms with E-state index in [-0.39, 0.29) is 11.4 Å². The Morgan fingerprint density at radius 2 is 1.55 bits per heavy atom. The first-order valence-corrected chi connectivity index (χ1v) is 14.7. The number of hydrogen-bond acceptors (Lipinski definition) is 5. The summed E-state index contributed by atoms with van der Waals surface area (Å²) in [7, 11) is -3.99. The smallest absolute Gasteiger partial charge is 0.264 e. The van der Waals surface area contributed by atoms with Crippen LogP contribution in [0.2, 0.25) is 0 Å². The van der Waals surface area contributed by atoms with E-state index < -0.39 is 15.9 Å². The Hall–Kier alpha value is -3.75. The molecular formula is C30H30N2O4S2. The molecule has 6 nitrogen and oxygen atoms in total. The van der Waals surface area contributed by atoms with E-state index in [9.17, 15) is 13.2 Å². The lowest BCUT2D eigenvalue weighted by Gasteiger charge is -2.24. The molecule has 1 N–H and O–H groups in total. The molecule has 0 atom stereocenters. The van der Waals surface area contributed by atoms with Crippen LogP contribution in [0, 0.1) is 6.92 Å². The lowest BCUT2D eigenvalue weighted by molar-refractivity contribution is -0.114. The molecule has 0 aliphatic rings. The highest BCUT2D eigenvalue weighted by Crippen LogP contribution is 2.27. The van der Waals surface area contributed by atoms with Crippen LogP contribution in [0.25, 0.3) is 0 Å². The number of amides is 1. The van der Waals surface area contributed by atoms with Gasteiger partial charge in [-0.15, -0.1) is 11.8 Å². The molecule has 0 aliphatic heterocycles. The number of hydrogen-bond donors (Lipinski definition) is 1. The van der Waals surface area contributed by atoms with Crippen molar-refractivity contribution in [3.63, 3.8) is 0 Å². The highest BCUT2D eigenvalue weighted by molar-refractivity contribution is 7.98. The summed E-state index contributed by atoms with van der Waals surface area (Å²) in [6.45, 7) is 3.92. The van der Waals surface area contributed by atoms with Gasteiger partial charge in [-0.05, 0) is 79.6 Å². The largest absolute Gasteiger partial charge is 0.494 e. The van der Waals surface area contributed by atoms with Crippen molar-refractivity contribution in [2.75, 3.05) is 22.8 Å². The number of nitrogens with zero attached hydrogens (tertiary/aromatic N) is 1. The zero-order valence-corrected chi connectivity index (χ0v) is 23.0. The predicted molar refractivity (Wildman–Crippen MR) is 154 cm³/mol. The SMILES string of the molecule is CCOc1ccc(N(CC(=O)Nc2ccc(CSc3ccccc3)cc2C)S(=O)(=O)c2ccccc2)cc1. The van der Waals surface area contributed by atoms with Crippen molar-refractivity contribution < 1.29 is 17.9 Å². The lowest BCUT2D eigenvalue weighted by atomic mass is 10.1. The van der Waals surface area contributed by atoms with E-state index in [1.54, 1.807) is 54.2 Å². The monoisotopic (exact) mass is 546 g/mol. The van der Waals surface area contributed by atoms with E-state index in [0.29, 0.717) is 23.7 Å². The number of carbonyl (C=O) groups is 1. The number of aryl methyl sites for hydroxylation is 1.